The lowest BCUT2D eigenvalue weighted by Crippen LogP contribution is -2.29. The Morgan fingerprint density at radius 1 is 1.88 bits per heavy atom. The molecule has 0 aromatic carbocycles. The third-order valence-corrected chi connectivity index (χ3v) is 0.890. The van der Waals surface area contributed by atoms with Crippen LogP contribution in [0.25, 0.3) is 0 Å². The second kappa shape index (κ2) is 2.13. The lowest BCUT2D eigenvalue weighted by atomic mass is 10.2. The third-order valence-electron chi connectivity index (χ3n) is 0.639. The Morgan fingerprint density at radius 2 is 2.25 bits per heavy atom. The largest absolute Gasteiger partial charge is 0.480 e. The molecule has 0 radical (unpaired) electrons. The van der Waals surface area contributed by atoms with E-state index >= 15 is 0 Å². The Labute approximate surface area is 51.3 Å². The van der Waals surface area contributed by atoms with E-state index in [9.17, 15) is 9.59 Å². The molecule has 0 aliphatic heterocycles. The molecule has 1 atom stereocenters. The van der Waals surface area contributed by atoms with Crippen molar-refractivity contribution >= 4 is 23.9 Å². The smallest absolute Gasteiger partial charge is 0.331 e. The zero-order valence-corrected chi connectivity index (χ0v) is 4.97. The van der Waals surface area contributed by atoms with Gasteiger partial charge in [-0.25, -0.2) is 4.79 Å². The third kappa shape index (κ3) is 1.50. The lowest BCUT2D eigenvalue weighted by molar-refractivity contribution is -0.141. The molecule has 1 N–H and O–H groups in total. The second-order valence-corrected chi connectivity index (χ2v) is 2.28. The van der Waals surface area contributed by atoms with Crippen LogP contribution in [0.4, 0.5) is 0 Å². The van der Waals surface area contributed by atoms with Crippen LogP contribution in [0.5, 0.6) is 0 Å². The van der Waals surface area contributed by atoms with Gasteiger partial charge in [0.15, 0.2) is 11.2 Å². The maximum absolute atomic E-state index is 9.89. The zero-order chi connectivity index (χ0) is 6.78. The van der Waals surface area contributed by atoms with Crippen molar-refractivity contribution in [3.8, 4) is 0 Å². The molecule has 0 aliphatic rings. The van der Waals surface area contributed by atoms with Crippen LogP contribution in [0, 0.1) is 0 Å². The fraction of sp³-hybridized carbons (Fsp3) is 0.500. The fourth-order valence-corrected chi connectivity index (χ4v) is 0.0504. The molecule has 0 amide bonds. The number of carbonyl (C=O) groups excluding carboxylic acids is 1. The van der Waals surface area contributed by atoms with Crippen molar-refractivity contribution < 1.29 is 14.7 Å². The van der Waals surface area contributed by atoms with Gasteiger partial charge < -0.3 is 9.90 Å². The summed E-state index contributed by atoms with van der Waals surface area (Å²) in [6, 6.07) is 0. The van der Waals surface area contributed by atoms with Gasteiger partial charge in [0.2, 0.25) is 0 Å². The van der Waals surface area contributed by atoms with Gasteiger partial charge in [0.05, 0.1) is 0 Å². The molecule has 8 heavy (non-hydrogen) atoms. The number of alkyl halides is 1. The highest BCUT2D eigenvalue weighted by atomic mass is 35.5. The topological polar surface area (TPSA) is 54.4 Å². The lowest BCUT2D eigenvalue weighted by Gasteiger charge is -2.04. The minimum absolute atomic E-state index is 0.177. The Bertz CT molecular complexity index is 118. The first-order valence-electron chi connectivity index (χ1n) is 1.89. The number of carboxylic acids is 1. The molecule has 0 heterocycles. The predicted molar refractivity (Wildman–Crippen MR) is 28.0 cm³/mol. The van der Waals surface area contributed by atoms with Crippen LogP contribution in [0.15, 0.2) is 0 Å². The van der Waals surface area contributed by atoms with Gasteiger partial charge in [0.25, 0.3) is 0 Å². The minimum Gasteiger partial charge on any atom is -0.480 e. The Hall–Kier alpha value is -0.570. The molecule has 4 heteroatoms. The van der Waals surface area contributed by atoms with E-state index in [1.807, 2.05) is 0 Å². The van der Waals surface area contributed by atoms with Gasteiger partial charge >= 0.3 is 5.97 Å². The molecule has 0 saturated carbocycles. The average molecular weight is 137 g/mol. The number of carbonyl (C=O) groups is 2. The summed E-state index contributed by atoms with van der Waals surface area (Å²) in [6.07, 6.45) is 0.177. The van der Waals surface area contributed by atoms with E-state index in [1.165, 1.54) is 0 Å². The highest BCUT2D eigenvalue weighted by Crippen LogP contribution is 2.08. The second-order valence-electron chi connectivity index (χ2n) is 1.50. The van der Waals surface area contributed by atoms with E-state index < -0.39 is 10.8 Å². The van der Waals surface area contributed by atoms with Crippen molar-refractivity contribution in [1.29, 1.82) is 0 Å². The van der Waals surface area contributed by atoms with Crippen molar-refractivity contribution in [2.45, 2.75) is 11.8 Å². The van der Waals surface area contributed by atoms with Crippen LogP contribution in [0.2, 0.25) is 0 Å². The summed E-state index contributed by atoms with van der Waals surface area (Å²) in [5, 5.41) is 8.08. The van der Waals surface area contributed by atoms with Crippen LogP contribution in [-0.2, 0) is 9.59 Å². The van der Waals surface area contributed by atoms with Gasteiger partial charge in [0.1, 0.15) is 0 Å². The Kier molecular flexibility index (Phi) is 1.98. The molecule has 0 aromatic rings. The van der Waals surface area contributed by atoms with Crippen LogP contribution < -0.4 is 0 Å². The monoisotopic (exact) mass is 136 g/mol. The molecule has 46 valence electrons. The van der Waals surface area contributed by atoms with Gasteiger partial charge in [-0.15, -0.1) is 0 Å². The van der Waals surface area contributed by atoms with Crippen LogP contribution in [0.3, 0.4) is 0 Å². The van der Waals surface area contributed by atoms with Crippen molar-refractivity contribution in [3.63, 3.8) is 0 Å². The molecule has 0 rings (SSSR count). The summed E-state index contributed by atoms with van der Waals surface area (Å²) in [4.78, 5) is 17.9. The first-order chi connectivity index (χ1) is 3.50. The Balaban J connectivity index is 4.12. The van der Waals surface area contributed by atoms with E-state index in [-0.39, 0.29) is 6.29 Å². The summed E-state index contributed by atoms with van der Waals surface area (Å²) >= 11 is 5.09. The van der Waals surface area contributed by atoms with Crippen molar-refractivity contribution in [2.75, 3.05) is 0 Å². The molecule has 0 aliphatic carbocycles. The molecule has 0 fully saturated rings. The molecule has 3 nitrogen and oxygen atoms in total. The maximum atomic E-state index is 9.89. The van der Waals surface area contributed by atoms with E-state index in [2.05, 4.69) is 0 Å². The molecular weight excluding hydrogens is 131 g/mol. The SMILES string of the molecule is CC(Cl)(C=O)C(=O)O. The van der Waals surface area contributed by atoms with E-state index in [0.717, 1.165) is 6.92 Å². The zero-order valence-electron chi connectivity index (χ0n) is 4.22. The average Bonchev–Trinajstić information content (AvgIpc) is 1.67. The van der Waals surface area contributed by atoms with E-state index in [0.29, 0.717) is 0 Å². The molecule has 1 unspecified atom stereocenters. The Morgan fingerprint density at radius 3 is 2.25 bits per heavy atom. The summed E-state index contributed by atoms with van der Waals surface area (Å²) in [5.74, 6) is -1.32. The van der Waals surface area contributed by atoms with Crippen LogP contribution in [0.1, 0.15) is 6.92 Å². The van der Waals surface area contributed by atoms with Crippen molar-refractivity contribution in [1.82, 2.24) is 0 Å². The number of hydrogen-bond acceptors (Lipinski definition) is 2. The number of halogens is 1. The minimum atomic E-state index is -1.75. The van der Waals surface area contributed by atoms with Crippen molar-refractivity contribution in [3.05, 3.63) is 0 Å². The van der Waals surface area contributed by atoms with Crippen molar-refractivity contribution in [2.24, 2.45) is 0 Å². The molecular formula is C4H5ClO3. The summed E-state index contributed by atoms with van der Waals surface area (Å²) in [6.45, 7) is 1.11. The number of aliphatic carboxylic acids is 1. The highest BCUT2D eigenvalue weighted by molar-refractivity contribution is 6.41. The van der Waals surface area contributed by atoms with E-state index in [1.54, 1.807) is 0 Å². The van der Waals surface area contributed by atoms with Crippen LogP contribution >= 0.6 is 11.6 Å². The summed E-state index contributed by atoms with van der Waals surface area (Å²) < 4.78 is 0. The highest BCUT2D eigenvalue weighted by Gasteiger charge is 2.28. The fourth-order valence-electron chi connectivity index (χ4n) is 0.0504. The van der Waals surface area contributed by atoms with Gasteiger partial charge in [-0.2, -0.15) is 0 Å². The first kappa shape index (κ1) is 7.43. The quantitative estimate of drug-likeness (QED) is 0.337. The molecule has 0 aromatic heterocycles. The number of carboxylic acid groups (broad SMARTS) is 1. The number of hydrogen-bond donors (Lipinski definition) is 1. The molecule has 0 saturated heterocycles. The van der Waals surface area contributed by atoms with Gasteiger partial charge in [0, 0.05) is 0 Å². The predicted octanol–water partition coefficient (Wildman–Crippen LogP) is 0.267. The molecule has 0 spiro atoms. The molecule has 0 bridgehead atoms. The standard InChI is InChI=1S/C4H5ClO3/c1-4(5,2-6)3(7)8/h2H,1H3,(H,7,8). The van der Waals surface area contributed by atoms with Crippen LogP contribution in [-0.4, -0.2) is 22.2 Å². The van der Waals surface area contributed by atoms with E-state index in [4.69, 9.17) is 16.7 Å². The normalized spacial score (nSPS) is 16.8. The van der Waals surface area contributed by atoms with Gasteiger partial charge in [-0.05, 0) is 6.92 Å². The van der Waals surface area contributed by atoms with Gasteiger partial charge in [-0.1, -0.05) is 11.6 Å². The van der Waals surface area contributed by atoms with Gasteiger partial charge in [-0.3, -0.25) is 0 Å². The maximum Gasteiger partial charge on any atom is 0.331 e. The first-order valence-corrected chi connectivity index (χ1v) is 2.27. The number of aldehydes is 1. The summed E-state index contributed by atoms with van der Waals surface area (Å²) in [5.41, 5.74) is 0. The summed E-state index contributed by atoms with van der Waals surface area (Å²) in [7, 11) is 0. The number of rotatable bonds is 2.